The number of benzene rings is 1. The number of carbonyl (C=O) groups is 1. The molecule has 0 saturated heterocycles. The fraction of sp³-hybridized carbons (Fsp3) is 0.500. The summed E-state index contributed by atoms with van der Waals surface area (Å²) in [7, 11) is 0. The lowest BCUT2D eigenvalue weighted by atomic mass is 9.64. The van der Waals surface area contributed by atoms with E-state index in [1.807, 2.05) is 30.3 Å². The first-order valence-electron chi connectivity index (χ1n) is 6.32. The molecule has 1 fully saturated rings. The highest BCUT2D eigenvalue weighted by Gasteiger charge is 2.45. The van der Waals surface area contributed by atoms with Crippen molar-refractivity contribution in [3.63, 3.8) is 0 Å². The van der Waals surface area contributed by atoms with E-state index in [2.05, 4.69) is 5.32 Å². The van der Waals surface area contributed by atoms with E-state index in [1.165, 1.54) is 0 Å². The van der Waals surface area contributed by atoms with Crippen LogP contribution >= 0.6 is 0 Å². The SMILES string of the molecule is O=C(NCC(O)CO)C1(c2ccccc2)CCC1. The molecule has 0 aromatic heterocycles. The summed E-state index contributed by atoms with van der Waals surface area (Å²) in [6, 6.07) is 9.75. The van der Waals surface area contributed by atoms with Crippen molar-refractivity contribution in [2.45, 2.75) is 30.8 Å². The highest BCUT2D eigenvalue weighted by molar-refractivity contribution is 5.89. The summed E-state index contributed by atoms with van der Waals surface area (Å²) < 4.78 is 0. The van der Waals surface area contributed by atoms with E-state index in [0.717, 1.165) is 24.8 Å². The van der Waals surface area contributed by atoms with E-state index in [0.29, 0.717) is 0 Å². The van der Waals surface area contributed by atoms with Crippen LogP contribution in [0.15, 0.2) is 30.3 Å². The van der Waals surface area contributed by atoms with Gasteiger partial charge in [-0.3, -0.25) is 4.79 Å². The van der Waals surface area contributed by atoms with Crippen molar-refractivity contribution >= 4 is 5.91 Å². The Kier molecular flexibility index (Phi) is 3.99. The van der Waals surface area contributed by atoms with Crippen LogP contribution in [0.25, 0.3) is 0 Å². The summed E-state index contributed by atoms with van der Waals surface area (Å²) in [5.41, 5.74) is 0.600. The number of hydrogen-bond acceptors (Lipinski definition) is 3. The number of amides is 1. The minimum Gasteiger partial charge on any atom is -0.394 e. The summed E-state index contributed by atoms with van der Waals surface area (Å²) in [5.74, 6) is -0.0487. The predicted molar refractivity (Wildman–Crippen MR) is 68.1 cm³/mol. The molecule has 4 heteroatoms. The van der Waals surface area contributed by atoms with E-state index < -0.39 is 11.5 Å². The maximum absolute atomic E-state index is 12.3. The molecule has 1 saturated carbocycles. The number of aliphatic hydroxyl groups excluding tert-OH is 2. The lowest BCUT2D eigenvalue weighted by molar-refractivity contribution is -0.130. The molecular weight excluding hydrogens is 230 g/mol. The van der Waals surface area contributed by atoms with Crippen LogP contribution in [0.2, 0.25) is 0 Å². The number of hydrogen-bond donors (Lipinski definition) is 3. The molecule has 98 valence electrons. The van der Waals surface area contributed by atoms with Gasteiger partial charge in [0.25, 0.3) is 0 Å². The number of carbonyl (C=O) groups excluding carboxylic acids is 1. The molecule has 1 aromatic rings. The molecule has 0 radical (unpaired) electrons. The van der Waals surface area contributed by atoms with Crippen molar-refractivity contribution in [2.24, 2.45) is 0 Å². The van der Waals surface area contributed by atoms with Crippen LogP contribution in [0.1, 0.15) is 24.8 Å². The van der Waals surface area contributed by atoms with Gasteiger partial charge in [0.05, 0.1) is 18.1 Å². The highest BCUT2D eigenvalue weighted by atomic mass is 16.3. The summed E-state index contributed by atoms with van der Waals surface area (Å²) in [6.45, 7) is -0.234. The minimum atomic E-state index is -0.887. The number of nitrogens with one attached hydrogen (secondary N) is 1. The van der Waals surface area contributed by atoms with E-state index in [4.69, 9.17) is 5.11 Å². The molecule has 1 aliphatic rings. The quantitative estimate of drug-likeness (QED) is 0.715. The van der Waals surface area contributed by atoms with Gasteiger partial charge in [-0.2, -0.15) is 0 Å². The van der Waals surface area contributed by atoms with E-state index in [1.54, 1.807) is 0 Å². The van der Waals surface area contributed by atoms with Gasteiger partial charge in [0, 0.05) is 6.54 Å². The largest absolute Gasteiger partial charge is 0.394 e. The fourth-order valence-corrected chi connectivity index (χ4v) is 2.38. The lowest BCUT2D eigenvalue weighted by Crippen LogP contribution is -2.51. The van der Waals surface area contributed by atoms with Crippen molar-refractivity contribution < 1.29 is 15.0 Å². The van der Waals surface area contributed by atoms with Gasteiger partial charge in [-0.1, -0.05) is 36.8 Å². The minimum absolute atomic E-state index is 0.0487. The summed E-state index contributed by atoms with van der Waals surface area (Å²) >= 11 is 0. The van der Waals surface area contributed by atoms with Crippen molar-refractivity contribution in [3.05, 3.63) is 35.9 Å². The van der Waals surface area contributed by atoms with Crippen molar-refractivity contribution in [1.29, 1.82) is 0 Å². The highest BCUT2D eigenvalue weighted by Crippen LogP contribution is 2.43. The van der Waals surface area contributed by atoms with Crippen molar-refractivity contribution in [1.82, 2.24) is 5.32 Å². The van der Waals surface area contributed by atoms with Crippen LogP contribution in [0.3, 0.4) is 0 Å². The van der Waals surface area contributed by atoms with Gasteiger partial charge in [0.15, 0.2) is 0 Å². The zero-order valence-electron chi connectivity index (χ0n) is 10.3. The standard InChI is InChI=1S/C14H19NO3/c16-10-12(17)9-15-13(18)14(7-4-8-14)11-5-2-1-3-6-11/h1-3,5-6,12,16-17H,4,7-10H2,(H,15,18). The van der Waals surface area contributed by atoms with Crippen molar-refractivity contribution in [2.75, 3.05) is 13.2 Å². The molecule has 2 rings (SSSR count). The van der Waals surface area contributed by atoms with Gasteiger partial charge in [0.1, 0.15) is 0 Å². The molecule has 1 aromatic carbocycles. The molecule has 1 amide bonds. The van der Waals surface area contributed by atoms with E-state index >= 15 is 0 Å². The summed E-state index contributed by atoms with van der Waals surface area (Å²) in [6.07, 6.45) is 1.85. The average molecular weight is 249 g/mol. The third kappa shape index (κ3) is 2.40. The zero-order valence-corrected chi connectivity index (χ0v) is 10.3. The molecule has 0 bridgehead atoms. The molecule has 4 nitrogen and oxygen atoms in total. The maximum atomic E-state index is 12.3. The van der Waals surface area contributed by atoms with Crippen LogP contribution in [0.5, 0.6) is 0 Å². The topological polar surface area (TPSA) is 69.6 Å². The van der Waals surface area contributed by atoms with Gasteiger partial charge >= 0.3 is 0 Å². The van der Waals surface area contributed by atoms with Gasteiger partial charge in [0.2, 0.25) is 5.91 Å². The van der Waals surface area contributed by atoms with Crippen LogP contribution in [-0.4, -0.2) is 35.4 Å². The van der Waals surface area contributed by atoms with Gasteiger partial charge in [-0.15, -0.1) is 0 Å². The molecule has 18 heavy (non-hydrogen) atoms. The van der Waals surface area contributed by atoms with Crippen LogP contribution < -0.4 is 5.32 Å². The summed E-state index contributed by atoms with van der Waals surface area (Å²) in [5, 5.41) is 20.7. The third-order valence-electron chi connectivity index (χ3n) is 3.68. The molecular formula is C14H19NO3. The van der Waals surface area contributed by atoms with E-state index in [9.17, 15) is 9.90 Å². The monoisotopic (exact) mass is 249 g/mol. The Bertz CT molecular complexity index is 401. The maximum Gasteiger partial charge on any atom is 0.230 e. The Morgan fingerprint density at radius 3 is 2.50 bits per heavy atom. The van der Waals surface area contributed by atoms with Crippen molar-refractivity contribution in [3.8, 4) is 0 Å². The smallest absolute Gasteiger partial charge is 0.230 e. The molecule has 0 spiro atoms. The first kappa shape index (κ1) is 13.1. The molecule has 0 aliphatic heterocycles. The molecule has 1 unspecified atom stereocenters. The van der Waals surface area contributed by atoms with Crippen LogP contribution in [0.4, 0.5) is 0 Å². The normalized spacial score (nSPS) is 18.8. The fourth-order valence-electron chi connectivity index (χ4n) is 2.38. The second-order valence-corrected chi connectivity index (χ2v) is 4.85. The number of rotatable bonds is 5. The molecule has 0 heterocycles. The Balaban J connectivity index is 2.06. The first-order valence-corrected chi connectivity index (χ1v) is 6.32. The Labute approximate surface area is 107 Å². The van der Waals surface area contributed by atoms with E-state index in [-0.39, 0.29) is 19.1 Å². The van der Waals surface area contributed by atoms with Crippen LogP contribution in [-0.2, 0) is 10.2 Å². The van der Waals surface area contributed by atoms with Gasteiger partial charge in [-0.05, 0) is 18.4 Å². The molecule has 1 aliphatic carbocycles. The Morgan fingerprint density at radius 1 is 1.33 bits per heavy atom. The average Bonchev–Trinajstić information content (AvgIpc) is 2.36. The third-order valence-corrected chi connectivity index (χ3v) is 3.68. The van der Waals surface area contributed by atoms with Crippen LogP contribution in [0, 0.1) is 0 Å². The zero-order chi connectivity index (χ0) is 13.0. The first-order chi connectivity index (χ1) is 8.69. The second kappa shape index (κ2) is 5.50. The Hall–Kier alpha value is -1.39. The lowest BCUT2D eigenvalue weighted by Gasteiger charge is -2.40. The predicted octanol–water partition coefficient (Wildman–Crippen LogP) is 0.578. The molecule has 1 atom stereocenters. The Morgan fingerprint density at radius 2 is 2.00 bits per heavy atom. The van der Waals surface area contributed by atoms with Gasteiger partial charge < -0.3 is 15.5 Å². The second-order valence-electron chi connectivity index (χ2n) is 4.85. The molecule has 3 N–H and O–H groups in total. The number of aliphatic hydroxyl groups is 2. The summed E-state index contributed by atoms with van der Waals surface area (Å²) in [4.78, 5) is 12.3. The van der Waals surface area contributed by atoms with Gasteiger partial charge in [-0.25, -0.2) is 0 Å².